The maximum absolute atomic E-state index is 5.49. The van der Waals surface area contributed by atoms with Gasteiger partial charge in [0.1, 0.15) is 0 Å². The van der Waals surface area contributed by atoms with Crippen LogP contribution in [0.4, 0.5) is 0 Å². The van der Waals surface area contributed by atoms with Crippen molar-refractivity contribution in [1.29, 1.82) is 0 Å². The van der Waals surface area contributed by atoms with E-state index in [9.17, 15) is 0 Å². The molecule has 10 aromatic rings. The molecular weight excluding hydrogens is 613 g/mol. The molecule has 0 aliphatic heterocycles. The number of nitrogens with zero attached hydrogens (tertiary/aromatic N) is 2. The van der Waals surface area contributed by atoms with Crippen molar-refractivity contribution in [3.8, 4) is 44.6 Å². The van der Waals surface area contributed by atoms with Crippen LogP contribution in [0.2, 0.25) is 0 Å². The van der Waals surface area contributed by atoms with Crippen LogP contribution < -0.4 is 0 Å². The largest absolute Gasteiger partial charge is 0.252 e. The summed E-state index contributed by atoms with van der Waals surface area (Å²) < 4.78 is 2.61. The van der Waals surface area contributed by atoms with E-state index in [4.69, 9.17) is 9.97 Å². The number of fused-ring (bicyclic) bond motifs is 9. The average molecular weight is 641 g/mol. The zero-order chi connectivity index (χ0) is 32.3. The molecule has 2 heterocycles. The standard InChI is InChI=1S/C46H28N2S/c1-3-11-29(12-4-1)31-19-22-35-36-23-20-32(30-13-5-2-6-14-30)26-41(36)46-45(40(35)25-31)47-28-42(48-46)37-16-8-7-15-34(37)33-21-24-44-39(27-33)38-17-9-10-18-43(38)49-44/h1-28H. The minimum Gasteiger partial charge on any atom is -0.252 e. The zero-order valence-corrected chi connectivity index (χ0v) is 27.3. The molecule has 0 atom stereocenters. The van der Waals surface area contributed by atoms with Gasteiger partial charge in [0.05, 0.1) is 22.9 Å². The molecule has 0 spiro atoms. The van der Waals surface area contributed by atoms with Crippen LogP contribution >= 0.6 is 11.3 Å². The Balaban J connectivity index is 1.22. The van der Waals surface area contributed by atoms with Crippen molar-refractivity contribution in [2.24, 2.45) is 0 Å². The van der Waals surface area contributed by atoms with Gasteiger partial charge in [-0.1, -0.05) is 133 Å². The van der Waals surface area contributed by atoms with Gasteiger partial charge in [-0.2, -0.15) is 0 Å². The van der Waals surface area contributed by atoms with Crippen molar-refractivity contribution in [2.75, 3.05) is 0 Å². The lowest BCUT2D eigenvalue weighted by Gasteiger charge is -2.14. The minimum atomic E-state index is 0.864. The van der Waals surface area contributed by atoms with Crippen molar-refractivity contribution >= 4 is 64.1 Å². The lowest BCUT2D eigenvalue weighted by atomic mass is 9.93. The van der Waals surface area contributed by atoms with E-state index in [1.54, 1.807) is 0 Å². The molecule has 0 amide bonds. The van der Waals surface area contributed by atoms with E-state index in [0.717, 1.165) is 38.6 Å². The van der Waals surface area contributed by atoms with E-state index in [2.05, 4.69) is 164 Å². The van der Waals surface area contributed by atoms with Gasteiger partial charge in [0.15, 0.2) is 0 Å². The van der Waals surface area contributed by atoms with Crippen molar-refractivity contribution < 1.29 is 0 Å². The molecule has 10 rings (SSSR count). The fourth-order valence-electron chi connectivity index (χ4n) is 7.33. The molecule has 0 N–H and O–H groups in total. The van der Waals surface area contributed by atoms with Crippen molar-refractivity contribution in [1.82, 2.24) is 9.97 Å². The summed E-state index contributed by atoms with van der Waals surface area (Å²) in [5, 5.41) is 7.16. The average Bonchev–Trinajstić information content (AvgIpc) is 3.56. The predicted molar refractivity (Wildman–Crippen MR) is 209 cm³/mol. The van der Waals surface area contributed by atoms with Crippen LogP contribution in [0.15, 0.2) is 170 Å². The Morgan fingerprint density at radius 2 is 0.898 bits per heavy atom. The van der Waals surface area contributed by atoms with E-state index < -0.39 is 0 Å². The third kappa shape index (κ3) is 4.62. The molecule has 2 nitrogen and oxygen atoms in total. The second kappa shape index (κ2) is 11.2. The first-order valence-corrected chi connectivity index (χ1v) is 17.4. The molecule has 8 aromatic carbocycles. The van der Waals surface area contributed by atoms with Gasteiger partial charge >= 0.3 is 0 Å². The zero-order valence-electron chi connectivity index (χ0n) is 26.5. The maximum atomic E-state index is 5.49. The Morgan fingerprint density at radius 1 is 0.347 bits per heavy atom. The van der Waals surface area contributed by atoms with Crippen LogP contribution in [-0.4, -0.2) is 9.97 Å². The van der Waals surface area contributed by atoms with Gasteiger partial charge in [0, 0.05) is 36.5 Å². The summed E-state index contributed by atoms with van der Waals surface area (Å²) in [5.41, 5.74) is 10.8. The van der Waals surface area contributed by atoms with Crippen molar-refractivity contribution in [2.45, 2.75) is 0 Å². The molecular formula is C46H28N2S. The first kappa shape index (κ1) is 27.9. The van der Waals surface area contributed by atoms with Gasteiger partial charge in [0.2, 0.25) is 0 Å². The molecule has 0 bridgehead atoms. The molecule has 228 valence electrons. The summed E-state index contributed by atoms with van der Waals surface area (Å²) >= 11 is 1.85. The fraction of sp³-hybridized carbons (Fsp3) is 0. The van der Waals surface area contributed by atoms with Gasteiger partial charge in [-0.3, -0.25) is 4.98 Å². The highest BCUT2D eigenvalue weighted by Crippen LogP contribution is 2.41. The van der Waals surface area contributed by atoms with E-state index in [-0.39, 0.29) is 0 Å². The van der Waals surface area contributed by atoms with Gasteiger partial charge in [-0.15, -0.1) is 11.3 Å². The summed E-state index contributed by atoms with van der Waals surface area (Å²) in [6.07, 6.45) is 1.96. The molecule has 0 saturated heterocycles. The van der Waals surface area contributed by atoms with Crippen LogP contribution in [0.1, 0.15) is 0 Å². The lowest BCUT2D eigenvalue weighted by Crippen LogP contribution is -1.94. The highest BCUT2D eigenvalue weighted by Gasteiger charge is 2.17. The quantitative estimate of drug-likeness (QED) is 0.179. The van der Waals surface area contributed by atoms with Gasteiger partial charge in [-0.05, 0) is 74.5 Å². The molecule has 0 fully saturated rings. The van der Waals surface area contributed by atoms with Gasteiger partial charge in [0.25, 0.3) is 0 Å². The molecule has 0 radical (unpaired) electrons. The third-order valence-electron chi connectivity index (χ3n) is 9.72. The van der Waals surface area contributed by atoms with Gasteiger partial charge < -0.3 is 0 Å². The molecule has 49 heavy (non-hydrogen) atoms. The highest BCUT2D eigenvalue weighted by molar-refractivity contribution is 7.25. The monoisotopic (exact) mass is 640 g/mol. The van der Waals surface area contributed by atoms with Crippen LogP contribution in [0.5, 0.6) is 0 Å². The summed E-state index contributed by atoms with van der Waals surface area (Å²) in [6, 6.07) is 58.7. The van der Waals surface area contributed by atoms with Crippen LogP contribution in [-0.2, 0) is 0 Å². The Bertz CT molecular complexity index is 2870. The molecule has 0 aliphatic rings. The smallest absolute Gasteiger partial charge is 0.0979 e. The van der Waals surface area contributed by atoms with E-state index in [1.807, 2.05) is 17.5 Å². The highest BCUT2D eigenvalue weighted by atomic mass is 32.1. The normalized spacial score (nSPS) is 11.7. The number of hydrogen-bond donors (Lipinski definition) is 0. The Hall–Kier alpha value is -6.16. The lowest BCUT2D eigenvalue weighted by molar-refractivity contribution is 1.31. The SMILES string of the molecule is c1ccc(-c2ccc3c4ccc(-c5ccccc5)cc4c4nc(-c5ccccc5-c5ccc6sc7ccccc7c6c5)cnc4c3c2)cc1. The molecule has 2 aromatic heterocycles. The predicted octanol–water partition coefficient (Wildman–Crippen LogP) is 13.0. The second-order valence-corrected chi connectivity index (χ2v) is 13.6. The number of rotatable bonds is 4. The van der Waals surface area contributed by atoms with E-state index in [1.165, 1.54) is 58.8 Å². The second-order valence-electron chi connectivity index (χ2n) is 12.6. The summed E-state index contributed by atoms with van der Waals surface area (Å²) in [5.74, 6) is 0. The Morgan fingerprint density at radius 3 is 1.61 bits per heavy atom. The van der Waals surface area contributed by atoms with Crippen molar-refractivity contribution in [3.05, 3.63) is 170 Å². The molecule has 0 unspecified atom stereocenters. The summed E-state index contributed by atoms with van der Waals surface area (Å²) in [7, 11) is 0. The first-order valence-electron chi connectivity index (χ1n) is 16.6. The first-order chi connectivity index (χ1) is 24.3. The van der Waals surface area contributed by atoms with Crippen LogP contribution in [0.3, 0.4) is 0 Å². The Kier molecular flexibility index (Phi) is 6.39. The van der Waals surface area contributed by atoms with Crippen LogP contribution in [0.25, 0.3) is 97.4 Å². The number of benzene rings is 8. The molecule has 0 aliphatic carbocycles. The van der Waals surface area contributed by atoms with Crippen molar-refractivity contribution in [3.63, 3.8) is 0 Å². The molecule has 0 saturated carbocycles. The topological polar surface area (TPSA) is 25.8 Å². The third-order valence-corrected chi connectivity index (χ3v) is 10.9. The fourth-order valence-corrected chi connectivity index (χ4v) is 8.41. The maximum Gasteiger partial charge on any atom is 0.0979 e. The number of thiophene rings is 1. The molecule has 3 heteroatoms. The number of hydrogen-bond acceptors (Lipinski definition) is 3. The van der Waals surface area contributed by atoms with Crippen LogP contribution in [0, 0.1) is 0 Å². The Labute approximate surface area is 287 Å². The minimum absolute atomic E-state index is 0.864. The number of aromatic nitrogens is 2. The summed E-state index contributed by atoms with van der Waals surface area (Å²) in [6.45, 7) is 0. The summed E-state index contributed by atoms with van der Waals surface area (Å²) in [4.78, 5) is 10.7. The van der Waals surface area contributed by atoms with E-state index >= 15 is 0 Å². The van der Waals surface area contributed by atoms with E-state index in [0.29, 0.717) is 0 Å². The van der Waals surface area contributed by atoms with Gasteiger partial charge in [-0.25, -0.2) is 4.98 Å².